The second-order valence-electron chi connectivity index (χ2n) is 7.12. The largest absolute Gasteiger partial charge is 0.493 e. The summed E-state index contributed by atoms with van der Waals surface area (Å²) < 4.78 is 22.5. The molecule has 0 aromatic heterocycles. The maximum absolute atomic E-state index is 6.11. The van der Waals surface area contributed by atoms with Gasteiger partial charge < -0.3 is 23.8 Å². The minimum Gasteiger partial charge on any atom is -0.493 e. The minimum absolute atomic E-state index is 0.289. The maximum atomic E-state index is 6.11. The van der Waals surface area contributed by atoms with Gasteiger partial charge in [-0.15, -0.1) is 0 Å². The Morgan fingerprint density at radius 2 is 1.58 bits per heavy atom. The molecule has 2 heterocycles. The van der Waals surface area contributed by atoms with Crippen LogP contribution < -0.4 is 14.2 Å². The fourth-order valence-electron chi connectivity index (χ4n) is 3.96. The first-order valence-corrected chi connectivity index (χ1v) is 9.58. The third-order valence-corrected chi connectivity index (χ3v) is 5.23. The molecule has 0 aliphatic carbocycles. The van der Waals surface area contributed by atoms with E-state index < -0.39 is 0 Å². The normalized spacial score (nSPS) is 22.2. The highest BCUT2D eigenvalue weighted by Gasteiger charge is 2.23. The number of hydrogen-bond donors (Lipinski definition) is 0. The molecule has 0 bridgehead atoms. The number of ether oxygens (including phenoxy) is 4. The smallest absolute Gasteiger partial charge is 0.203 e. The molecule has 146 valence electrons. The van der Waals surface area contributed by atoms with Crippen LogP contribution in [0.5, 0.6) is 17.2 Å². The van der Waals surface area contributed by atoms with Gasteiger partial charge in [-0.1, -0.05) is 0 Å². The van der Waals surface area contributed by atoms with Crippen molar-refractivity contribution < 1.29 is 18.9 Å². The Morgan fingerprint density at radius 3 is 2.19 bits per heavy atom. The summed E-state index contributed by atoms with van der Waals surface area (Å²) in [5.74, 6) is 2.06. The molecule has 3 rings (SSSR count). The van der Waals surface area contributed by atoms with Crippen molar-refractivity contribution in [1.29, 1.82) is 0 Å². The van der Waals surface area contributed by atoms with E-state index in [-0.39, 0.29) is 6.10 Å². The van der Waals surface area contributed by atoms with Gasteiger partial charge in [0.2, 0.25) is 5.75 Å². The van der Waals surface area contributed by atoms with Crippen LogP contribution in [0.15, 0.2) is 12.1 Å². The molecular weight excluding hydrogens is 332 g/mol. The number of hydrogen-bond acceptors (Lipinski definition) is 6. The molecule has 0 radical (unpaired) electrons. The Kier molecular flexibility index (Phi) is 7.00. The lowest BCUT2D eigenvalue weighted by atomic mass is 10.1. The monoisotopic (exact) mass is 364 g/mol. The molecule has 1 atom stereocenters. The molecule has 1 unspecified atom stereocenters. The lowest BCUT2D eigenvalue weighted by Gasteiger charge is -2.27. The highest BCUT2D eigenvalue weighted by Crippen LogP contribution is 2.38. The van der Waals surface area contributed by atoms with Crippen molar-refractivity contribution >= 4 is 0 Å². The summed E-state index contributed by atoms with van der Waals surface area (Å²) in [7, 11) is 4.95. The van der Waals surface area contributed by atoms with E-state index in [1.807, 2.05) is 12.1 Å². The Balaban J connectivity index is 1.68. The summed E-state index contributed by atoms with van der Waals surface area (Å²) in [6.45, 7) is 7.20. The fourth-order valence-corrected chi connectivity index (χ4v) is 3.96. The number of nitrogens with zero attached hydrogens (tertiary/aromatic N) is 2. The molecule has 6 nitrogen and oxygen atoms in total. The third-order valence-electron chi connectivity index (χ3n) is 5.23. The first-order chi connectivity index (χ1) is 12.7. The van der Waals surface area contributed by atoms with E-state index in [1.165, 1.54) is 31.5 Å². The van der Waals surface area contributed by atoms with E-state index in [0.29, 0.717) is 17.2 Å². The summed E-state index contributed by atoms with van der Waals surface area (Å²) in [5.41, 5.74) is 1.17. The van der Waals surface area contributed by atoms with Crippen LogP contribution >= 0.6 is 0 Å². The standard InChI is InChI=1S/C20H32N2O4/c1-23-18-11-16(12-19(24-2)20(18)25-3)13-22-9-6-10-26-17(15-22)14-21-7-4-5-8-21/h11-12,17H,4-10,13-15H2,1-3H3. The molecule has 6 heteroatoms. The third kappa shape index (κ3) is 4.81. The molecular formula is C20H32N2O4. The molecule has 1 aromatic carbocycles. The van der Waals surface area contributed by atoms with Gasteiger partial charge in [0, 0.05) is 32.8 Å². The van der Waals surface area contributed by atoms with Gasteiger partial charge in [-0.05, 0) is 50.0 Å². The second kappa shape index (κ2) is 9.44. The molecule has 2 aliphatic rings. The first-order valence-electron chi connectivity index (χ1n) is 9.58. The van der Waals surface area contributed by atoms with Crippen molar-refractivity contribution in [2.45, 2.75) is 31.9 Å². The number of benzene rings is 1. The summed E-state index contributed by atoms with van der Waals surface area (Å²) in [4.78, 5) is 5.02. The molecule has 0 amide bonds. The van der Waals surface area contributed by atoms with Crippen LogP contribution in [0.25, 0.3) is 0 Å². The Morgan fingerprint density at radius 1 is 0.923 bits per heavy atom. The van der Waals surface area contributed by atoms with E-state index in [4.69, 9.17) is 18.9 Å². The van der Waals surface area contributed by atoms with Crippen molar-refractivity contribution in [2.75, 3.05) is 60.7 Å². The molecule has 0 N–H and O–H groups in total. The summed E-state index contributed by atoms with van der Waals surface area (Å²) in [5, 5.41) is 0. The predicted molar refractivity (Wildman–Crippen MR) is 101 cm³/mol. The Bertz CT molecular complexity index is 550. The lowest BCUT2D eigenvalue weighted by Crippen LogP contribution is -2.39. The molecule has 2 saturated heterocycles. The van der Waals surface area contributed by atoms with E-state index in [9.17, 15) is 0 Å². The average Bonchev–Trinajstić information content (AvgIpc) is 3.07. The first kappa shape index (κ1) is 19.3. The maximum Gasteiger partial charge on any atom is 0.203 e. The van der Waals surface area contributed by atoms with Crippen LogP contribution in [0, 0.1) is 0 Å². The highest BCUT2D eigenvalue weighted by atomic mass is 16.5. The topological polar surface area (TPSA) is 43.4 Å². The van der Waals surface area contributed by atoms with Crippen LogP contribution in [0.3, 0.4) is 0 Å². The molecule has 2 fully saturated rings. The van der Waals surface area contributed by atoms with Crippen molar-refractivity contribution in [1.82, 2.24) is 9.80 Å². The molecule has 0 saturated carbocycles. The molecule has 0 spiro atoms. The predicted octanol–water partition coefficient (Wildman–Crippen LogP) is 2.40. The fraction of sp³-hybridized carbons (Fsp3) is 0.700. The van der Waals surface area contributed by atoms with Gasteiger partial charge in [0.1, 0.15) is 0 Å². The number of methoxy groups -OCH3 is 3. The quantitative estimate of drug-likeness (QED) is 0.740. The van der Waals surface area contributed by atoms with E-state index in [0.717, 1.165) is 39.2 Å². The second-order valence-corrected chi connectivity index (χ2v) is 7.12. The van der Waals surface area contributed by atoms with Crippen molar-refractivity contribution in [3.63, 3.8) is 0 Å². The van der Waals surface area contributed by atoms with Gasteiger partial charge in [-0.2, -0.15) is 0 Å². The van der Waals surface area contributed by atoms with E-state index >= 15 is 0 Å². The number of rotatable bonds is 7. The van der Waals surface area contributed by atoms with Crippen LogP contribution in [0.2, 0.25) is 0 Å². The minimum atomic E-state index is 0.289. The van der Waals surface area contributed by atoms with Crippen LogP contribution in [0.4, 0.5) is 0 Å². The summed E-state index contributed by atoms with van der Waals surface area (Å²) in [6, 6.07) is 4.09. The highest BCUT2D eigenvalue weighted by molar-refractivity contribution is 5.53. The van der Waals surface area contributed by atoms with Gasteiger partial charge in [0.25, 0.3) is 0 Å². The van der Waals surface area contributed by atoms with Crippen molar-refractivity contribution in [2.24, 2.45) is 0 Å². The van der Waals surface area contributed by atoms with Crippen LogP contribution in [0.1, 0.15) is 24.8 Å². The van der Waals surface area contributed by atoms with Gasteiger partial charge in [0.05, 0.1) is 27.4 Å². The van der Waals surface area contributed by atoms with Gasteiger partial charge in [-0.3, -0.25) is 4.90 Å². The van der Waals surface area contributed by atoms with Gasteiger partial charge in [0.15, 0.2) is 11.5 Å². The van der Waals surface area contributed by atoms with E-state index in [1.54, 1.807) is 21.3 Å². The van der Waals surface area contributed by atoms with Crippen LogP contribution in [-0.2, 0) is 11.3 Å². The van der Waals surface area contributed by atoms with Gasteiger partial charge >= 0.3 is 0 Å². The van der Waals surface area contributed by atoms with Crippen LogP contribution in [-0.4, -0.2) is 76.6 Å². The number of likely N-dealkylation sites (tertiary alicyclic amines) is 1. The molecule has 1 aromatic rings. The zero-order chi connectivity index (χ0) is 18.4. The average molecular weight is 364 g/mol. The molecule has 2 aliphatic heterocycles. The molecule has 26 heavy (non-hydrogen) atoms. The summed E-state index contributed by atoms with van der Waals surface area (Å²) in [6.07, 6.45) is 4.00. The summed E-state index contributed by atoms with van der Waals surface area (Å²) >= 11 is 0. The Hall–Kier alpha value is -1.50. The lowest BCUT2D eigenvalue weighted by molar-refractivity contribution is 0.0308. The zero-order valence-corrected chi connectivity index (χ0v) is 16.3. The Labute approximate surface area is 157 Å². The van der Waals surface area contributed by atoms with Crippen molar-refractivity contribution in [3.8, 4) is 17.2 Å². The van der Waals surface area contributed by atoms with E-state index in [2.05, 4.69) is 9.80 Å². The zero-order valence-electron chi connectivity index (χ0n) is 16.3. The SMILES string of the molecule is COc1cc(CN2CCCOC(CN3CCCC3)C2)cc(OC)c1OC. The van der Waals surface area contributed by atoms with Crippen molar-refractivity contribution in [3.05, 3.63) is 17.7 Å². The van der Waals surface area contributed by atoms with Gasteiger partial charge in [-0.25, -0.2) is 0 Å².